The summed E-state index contributed by atoms with van der Waals surface area (Å²) in [5.74, 6) is 0.0728. The molecule has 0 bridgehead atoms. The maximum atomic E-state index is 14.6. The Morgan fingerprint density at radius 2 is 1.64 bits per heavy atom. The summed E-state index contributed by atoms with van der Waals surface area (Å²) >= 11 is 1.56. The number of hydrogen-bond acceptors (Lipinski definition) is 3. The average Bonchev–Trinajstić information content (AvgIpc) is 3.36. The molecule has 1 aliphatic heterocycles. The lowest BCUT2D eigenvalue weighted by molar-refractivity contribution is -0.118. The fourth-order valence-electron chi connectivity index (χ4n) is 5.74. The van der Waals surface area contributed by atoms with Crippen molar-refractivity contribution in [1.29, 1.82) is 0 Å². The van der Waals surface area contributed by atoms with E-state index in [-0.39, 0.29) is 23.9 Å². The Kier molecular flexibility index (Phi) is 10.5. The first-order chi connectivity index (χ1) is 20.4. The molecule has 0 saturated heterocycles. The van der Waals surface area contributed by atoms with E-state index in [1.54, 1.807) is 11.3 Å². The van der Waals surface area contributed by atoms with Crippen LogP contribution >= 0.6 is 11.3 Å². The van der Waals surface area contributed by atoms with Gasteiger partial charge in [0.25, 0.3) is 5.91 Å². The molecule has 1 aliphatic rings. The van der Waals surface area contributed by atoms with Crippen molar-refractivity contribution in [2.45, 2.75) is 72.9 Å². The van der Waals surface area contributed by atoms with E-state index in [4.69, 9.17) is 0 Å². The van der Waals surface area contributed by atoms with Crippen LogP contribution in [-0.2, 0) is 11.2 Å². The molecule has 4 nitrogen and oxygen atoms in total. The smallest absolute Gasteiger partial charge is 0.269 e. The number of benzene rings is 3. The van der Waals surface area contributed by atoms with Crippen LogP contribution in [-0.4, -0.2) is 22.8 Å². The molecule has 0 N–H and O–H groups in total. The van der Waals surface area contributed by atoms with Crippen molar-refractivity contribution in [2.24, 2.45) is 0 Å². The van der Waals surface area contributed by atoms with Crippen LogP contribution < -0.4 is 4.90 Å². The molecule has 5 heteroatoms. The molecule has 0 saturated carbocycles. The Balaban J connectivity index is 0.00000198. The molecular formula is C37H42N2O2S. The second kappa shape index (κ2) is 14.3. The normalized spacial score (nSPS) is 16.6. The molecule has 2 unspecified atom stereocenters. The van der Waals surface area contributed by atoms with Crippen LogP contribution in [0.5, 0.6) is 0 Å². The predicted octanol–water partition coefficient (Wildman–Crippen LogP) is 9.66. The molecule has 2 heterocycles. The Morgan fingerprint density at radius 1 is 0.976 bits per heavy atom. The van der Waals surface area contributed by atoms with Crippen molar-refractivity contribution in [3.8, 4) is 0 Å². The molecule has 0 radical (unpaired) electrons. The molecule has 218 valence electrons. The number of fused-ring (bicyclic) bond motifs is 2. The molecular weight excluding hydrogens is 536 g/mol. The second-order valence-electron chi connectivity index (χ2n) is 10.3. The van der Waals surface area contributed by atoms with Crippen LogP contribution in [0.2, 0.25) is 0 Å². The van der Waals surface area contributed by atoms with Gasteiger partial charge in [-0.05, 0) is 73.9 Å². The largest absolute Gasteiger partial charge is 0.309 e. The van der Waals surface area contributed by atoms with Gasteiger partial charge in [-0.25, -0.2) is 0 Å². The highest BCUT2D eigenvalue weighted by Crippen LogP contribution is 2.44. The van der Waals surface area contributed by atoms with Crippen molar-refractivity contribution < 1.29 is 9.59 Å². The van der Waals surface area contributed by atoms with E-state index in [1.807, 2.05) is 104 Å². The van der Waals surface area contributed by atoms with E-state index in [0.717, 1.165) is 49.5 Å². The number of amides is 2. The first kappa shape index (κ1) is 31.0. The second-order valence-corrected chi connectivity index (χ2v) is 11.4. The van der Waals surface area contributed by atoms with Crippen LogP contribution in [0, 0.1) is 6.92 Å². The maximum Gasteiger partial charge on any atom is 0.269 e. The first-order valence-corrected chi connectivity index (χ1v) is 15.9. The summed E-state index contributed by atoms with van der Waals surface area (Å²) < 4.78 is 1.12. The Hall–Kier alpha value is -3.96. The molecule has 2 atom stereocenters. The number of anilines is 1. The third-order valence-electron chi connectivity index (χ3n) is 7.69. The number of rotatable bonds is 7. The lowest BCUT2D eigenvalue weighted by atomic mass is 9.89. The van der Waals surface area contributed by atoms with Gasteiger partial charge in [0.2, 0.25) is 5.91 Å². The van der Waals surface area contributed by atoms with Crippen molar-refractivity contribution in [3.63, 3.8) is 0 Å². The number of thiophene rings is 1. The standard InChI is InChI=1S/C35H36N2O2S.C2H6/c1-5-7-17-27(6-2)37(35(39)34-25(4)28-18-12-14-21-32(28)40-34)31-22-24(3)36(30-20-13-11-19-29(30)31)33(38)23-26-15-9-8-10-16-26;1-2/h6-21,24,31H,5,22-23H2,1-4H3;1-2H3/b17-7-,27-6+;. The summed E-state index contributed by atoms with van der Waals surface area (Å²) in [7, 11) is 0. The third kappa shape index (κ3) is 6.27. The molecule has 0 aliphatic carbocycles. The van der Waals surface area contributed by atoms with Gasteiger partial charge in [0.15, 0.2) is 0 Å². The van der Waals surface area contributed by atoms with Crippen molar-refractivity contribution in [3.05, 3.63) is 124 Å². The zero-order chi connectivity index (χ0) is 30.2. The van der Waals surface area contributed by atoms with Gasteiger partial charge in [-0.2, -0.15) is 0 Å². The SMILES string of the molecule is C/C=C(\C=C/CC)N(C(=O)c1sc2ccccc2c1C)C1CC(C)N(C(=O)Cc2ccccc2)c2ccccc21.CC. The minimum Gasteiger partial charge on any atom is -0.309 e. The monoisotopic (exact) mass is 578 g/mol. The molecule has 4 aromatic rings. The molecule has 0 spiro atoms. The zero-order valence-electron chi connectivity index (χ0n) is 25.6. The Bertz CT molecular complexity index is 1580. The van der Waals surface area contributed by atoms with Gasteiger partial charge in [-0.3, -0.25) is 9.59 Å². The summed E-state index contributed by atoms with van der Waals surface area (Å²) in [5.41, 5.74) is 4.77. The summed E-state index contributed by atoms with van der Waals surface area (Å²) in [6.45, 7) is 12.2. The number of hydrogen-bond donors (Lipinski definition) is 0. The molecule has 42 heavy (non-hydrogen) atoms. The maximum absolute atomic E-state index is 14.6. The predicted molar refractivity (Wildman–Crippen MR) is 178 cm³/mol. The summed E-state index contributed by atoms with van der Waals surface area (Å²) in [6, 6.07) is 25.9. The van der Waals surface area contributed by atoms with E-state index in [9.17, 15) is 9.59 Å². The molecule has 5 rings (SSSR count). The fourth-order valence-corrected chi connectivity index (χ4v) is 6.89. The summed E-state index contributed by atoms with van der Waals surface area (Å²) in [4.78, 5) is 32.9. The lowest BCUT2D eigenvalue weighted by Crippen LogP contribution is -2.47. The van der Waals surface area contributed by atoms with Crippen LogP contribution in [0.25, 0.3) is 10.1 Å². The van der Waals surface area contributed by atoms with Crippen LogP contribution in [0.4, 0.5) is 5.69 Å². The number of para-hydroxylation sites is 1. The molecule has 2 amide bonds. The van der Waals surface area contributed by atoms with Crippen LogP contribution in [0.3, 0.4) is 0 Å². The number of allylic oxidation sites excluding steroid dienone is 3. The van der Waals surface area contributed by atoms with E-state index >= 15 is 0 Å². The van der Waals surface area contributed by atoms with Crippen molar-refractivity contribution >= 4 is 38.9 Å². The highest BCUT2D eigenvalue weighted by molar-refractivity contribution is 7.21. The topological polar surface area (TPSA) is 40.6 Å². The Morgan fingerprint density at radius 3 is 2.33 bits per heavy atom. The third-order valence-corrected chi connectivity index (χ3v) is 8.95. The van der Waals surface area contributed by atoms with Gasteiger partial charge in [0, 0.05) is 22.1 Å². The zero-order valence-corrected chi connectivity index (χ0v) is 26.4. The first-order valence-electron chi connectivity index (χ1n) is 15.0. The Labute approximate surface area is 255 Å². The van der Waals surface area contributed by atoms with Crippen LogP contribution in [0.1, 0.15) is 79.9 Å². The molecule has 0 fully saturated rings. The van der Waals surface area contributed by atoms with E-state index in [0.29, 0.717) is 12.8 Å². The van der Waals surface area contributed by atoms with Gasteiger partial charge in [-0.1, -0.05) is 99.7 Å². The number of nitrogens with zero attached hydrogens (tertiary/aromatic N) is 2. The fraction of sp³-hybridized carbons (Fsp3) is 0.297. The van der Waals surface area contributed by atoms with Crippen molar-refractivity contribution in [1.82, 2.24) is 4.90 Å². The summed E-state index contributed by atoms with van der Waals surface area (Å²) in [5, 5.41) is 1.12. The summed E-state index contributed by atoms with van der Waals surface area (Å²) in [6.07, 6.45) is 8.04. The van der Waals surface area contributed by atoms with E-state index in [1.165, 1.54) is 0 Å². The van der Waals surface area contributed by atoms with Gasteiger partial charge >= 0.3 is 0 Å². The number of carbonyl (C=O) groups excluding carboxylic acids is 2. The quantitative estimate of drug-likeness (QED) is 0.205. The highest BCUT2D eigenvalue weighted by Gasteiger charge is 2.39. The van der Waals surface area contributed by atoms with Gasteiger partial charge in [-0.15, -0.1) is 11.3 Å². The van der Waals surface area contributed by atoms with Gasteiger partial charge in [0.05, 0.1) is 17.3 Å². The van der Waals surface area contributed by atoms with Gasteiger partial charge < -0.3 is 9.80 Å². The molecule has 3 aromatic carbocycles. The number of aryl methyl sites for hydroxylation is 1. The average molecular weight is 579 g/mol. The van der Waals surface area contributed by atoms with E-state index < -0.39 is 0 Å². The highest BCUT2D eigenvalue weighted by atomic mass is 32.1. The minimum atomic E-state index is -0.211. The minimum absolute atomic E-state index is 0.00335. The van der Waals surface area contributed by atoms with E-state index in [2.05, 4.69) is 44.2 Å². The van der Waals surface area contributed by atoms with Crippen molar-refractivity contribution in [2.75, 3.05) is 4.90 Å². The lowest BCUT2D eigenvalue weighted by Gasteiger charge is -2.44. The van der Waals surface area contributed by atoms with Crippen LogP contribution in [0.15, 0.2) is 103 Å². The molecule has 1 aromatic heterocycles. The number of carbonyl (C=O) groups is 2. The van der Waals surface area contributed by atoms with Gasteiger partial charge in [0.1, 0.15) is 0 Å².